The van der Waals surface area contributed by atoms with Gasteiger partial charge in [0.15, 0.2) is 5.82 Å². The van der Waals surface area contributed by atoms with Gasteiger partial charge >= 0.3 is 6.09 Å². The van der Waals surface area contributed by atoms with Gasteiger partial charge in [0.1, 0.15) is 17.5 Å². The first-order valence-corrected chi connectivity index (χ1v) is 6.67. The van der Waals surface area contributed by atoms with Crippen LogP contribution in [0.2, 0.25) is 0 Å². The molecule has 1 fully saturated rings. The van der Waals surface area contributed by atoms with E-state index >= 15 is 0 Å². The predicted octanol–water partition coefficient (Wildman–Crippen LogP) is 2.03. The van der Waals surface area contributed by atoms with Crippen LogP contribution in [0.1, 0.15) is 6.42 Å². The van der Waals surface area contributed by atoms with Crippen molar-refractivity contribution in [3.05, 3.63) is 23.8 Å². The Morgan fingerprint density at radius 2 is 2.23 bits per heavy atom. The number of hydrogen-bond donors (Lipinski definition) is 3. The first kappa shape index (κ1) is 14.5. The van der Waals surface area contributed by atoms with Crippen molar-refractivity contribution >= 4 is 23.1 Å². The Bertz CT molecular complexity index is 721. The van der Waals surface area contributed by atoms with E-state index in [0.29, 0.717) is 6.54 Å². The van der Waals surface area contributed by atoms with Gasteiger partial charge in [0.2, 0.25) is 5.95 Å². The molecule has 22 heavy (non-hydrogen) atoms. The van der Waals surface area contributed by atoms with E-state index in [1.165, 1.54) is 0 Å². The minimum absolute atomic E-state index is 0.0125. The number of carbonyl (C=O) groups is 1. The zero-order valence-corrected chi connectivity index (χ0v) is 11.3. The van der Waals surface area contributed by atoms with Gasteiger partial charge in [-0.1, -0.05) is 0 Å². The lowest BCUT2D eigenvalue weighted by Gasteiger charge is -2.34. The lowest BCUT2D eigenvalue weighted by Crippen LogP contribution is -2.53. The molecule has 0 spiro atoms. The number of anilines is 1. The van der Waals surface area contributed by atoms with Gasteiger partial charge in [-0.3, -0.25) is 0 Å². The molecule has 3 N–H and O–H groups in total. The Hall–Kier alpha value is -2.45. The molecule has 0 saturated carbocycles. The molecule has 1 aromatic heterocycles. The minimum Gasteiger partial charge on any atom is -0.465 e. The van der Waals surface area contributed by atoms with Crippen LogP contribution in [0.4, 0.5) is 23.9 Å². The maximum Gasteiger partial charge on any atom is 0.405 e. The van der Waals surface area contributed by atoms with Crippen LogP contribution in [0.5, 0.6) is 0 Å². The number of benzene rings is 1. The monoisotopic (exact) mass is 314 g/mol. The van der Waals surface area contributed by atoms with Crippen LogP contribution in [0.15, 0.2) is 12.1 Å². The smallest absolute Gasteiger partial charge is 0.405 e. The highest BCUT2D eigenvalue weighted by Crippen LogP contribution is 2.24. The van der Waals surface area contributed by atoms with Crippen LogP contribution >= 0.6 is 0 Å². The Morgan fingerprint density at radius 3 is 2.95 bits per heavy atom. The number of halogens is 3. The Balaban J connectivity index is 1.87. The third-order valence-corrected chi connectivity index (χ3v) is 3.63. The molecule has 2 heterocycles. The summed E-state index contributed by atoms with van der Waals surface area (Å²) in [5, 5.41) is 10.8. The van der Waals surface area contributed by atoms with Gasteiger partial charge in [-0.15, -0.1) is 0 Å². The zero-order valence-electron chi connectivity index (χ0n) is 11.3. The summed E-state index contributed by atoms with van der Waals surface area (Å²) in [6, 6.07) is 0.945. The van der Waals surface area contributed by atoms with E-state index in [1.807, 2.05) is 0 Å². The normalized spacial score (nSPS) is 22.0. The van der Waals surface area contributed by atoms with Crippen molar-refractivity contribution in [2.75, 3.05) is 18.0 Å². The highest BCUT2D eigenvalue weighted by atomic mass is 19.1. The number of alkyl halides is 1. The average Bonchev–Trinajstić information content (AvgIpc) is 2.85. The molecule has 1 saturated heterocycles. The molecule has 1 amide bonds. The second-order valence-electron chi connectivity index (χ2n) is 5.15. The zero-order chi connectivity index (χ0) is 15.9. The van der Waals surface area contributed by atoms with E-state index in [1.54, 1.807) is 4.90 Å². The van der Waals surface area contributed by atoms with Gasteiger partial charge in [0.05, 0.1) is 11.6 Å². The van der Waals surface area contributed by atoms with Crippen LogP contribution in [0.3, 0.4) is 0 Å². The fraction of sp³-hybridized carbons (Fsp3) is 0.385. The molecular weight excluding hydrogens is 301 g/mol. The Labute approximate surface area is 122 Å². The summed E-state index contributed by atoms with van der Waals surface area (Å²) in [5.74, 6) is -1.27. The number of aromatic nitrogens is 2. The minimum atomic E-state index is -1.31. The summed E-state index contributed by atoms with van der Waals surface area (Å²) in [7, 11) is 0. The van der Waals surface area contributed by atoms with Crippen molar-refractivity contribution in [1.82, 2.24) is 15.3 Å². The molecule has 0 aliphatic carbocycles. The van der Waals surface area contributed by atoms with E-state index < -0.39 is 29.9 Å². The highest BCUT2D eigenvalue weighted by Gasteiger charge is 2.31. The average molecular weight is 314 g/mol. The Morgan fingerprint density at radius 1 is 1.45 bits per heavy atom. The summed E-state index contributed by atoms with van der Waals surface area (Å²) >= 11 is 0. The molecule has 0 bridgehead atoms. The van der Waals surface area contributed by atoms with Gasteiger partial charge in [-0.2, -0.15) is 0 Å². The third kappa shape index (κ3) is 2.66. The van der Waals surface area contributed by atoms with E-state index in [0.717, 1.165) is 12.1 Å². The van der Waals surface area contributed by atoms with Gasteiger partial charge in [-0.05, 0) is 12.5 Å². The van der Waals surface area contributed by atoms with Crippen molar-refractivity contribution in [3.8, 4) is 0 Å². The first-order valence-electron chi connectivity index (χ1n) is 6.67. The van der Waals surface area contributed by atoms with Crippen LogP contribution < -0.4 is 10.2 Å². The largest absolute Gasteiger partial charge is 0.465 e. The molecule has 1 aliphatic rings. The van der Waals surface area contributed by atoms with Crippen molar-refractivity contribution in [2.45, 2.75) is 18.6 Å². The summed E-state index contributed by atoms with van der Waals surface area (Å²) in [4.78, 5) is 19.1. The molecule has 2 aromatic rings. The van der Waals surface area contributed by atoms with Crippen LogP contribution in [0.25, 0.3) is 11.0 Å². The fourth-order valence-corrected chi connectivity index (χ4v) is 2.59. The van der Waals surface area contributed by atoms with E-state index in [4.69, 9.17) is 5.11 Å². The van der Waals surface area contributed by atoms with Gasteiger partial charge < -0.3 is 20.3 Å². The number of carboxylic acid groups (broad SMARTS) is 1. The molecular formula is C13H13F3N4O2. The van der Waals surface area contributed by atoms with Crippen molar-refractivity contribution in [2.24, 2.45) is 0 Å². The number of nitrogens with one attached hydrogen (secondary N) is 2. The summed E-state index contributed by atoms with van der Waals surface area (Å²) in [6.45, 7) is 0.347. The van der Waals surface area contributed by atoms with Crippen LogP contribution in [-0.4, -0.2) is 46.5 Å². The number of rotatable bonds is 2. The van der Waals surface area contributed by atoms with Crippen molar-refractivity contribution < 1.29 is 23.1 Å². The molecule has 2 atom stereocenters. The highest BCUT2D eigenvalue weighted by molar-refractivity contribution is 5.78. The molecule has 0 unspecified atom stereocenters. The quantitative estimate of drug-likeness (QED) is 0.792. The fourth-order valence-electron chi connectivity index (χ4n) is 2.59. The third-order valence-electron chi connectivity index (χ3n) is 3.63. The van der Waals surface area contributed by atoms with Crippen LogP contribution in [0, 0.1) is 11.6 Å². The number of amides is 1. The number of piperidine rings is 1. The van der Waals surface area contributed by atoms with Gasteiger partial charge in [-0.25, -0.2) is 22.9 Å². The summed E-state index contributed by atoms with van der Waals surface area (Å²) in [6.07, 6.45) is -2.50. The molecule has 0 radical (unpaired) electrons. The molecule has 3 rings (SSSR count). The lowest BCUT2D eigenvalue weighted by molar-refractivity contribution is 0.167. The molecule has 6 nitrogen and oxygen atoms in total. The second-order valence-corrected chi connectivity index (χ2v) is 5.15. The number of hydrogen-bond acceptors (Lipinski definition) is 3. The Kier molecular flexibility index (Phi) is 3.55. The second kappa shape index (κ2) is 5.39. The SMILES string of the molecule is O=C(O)N[C@@H]1CN(c2nc3c(F)cc(F)cc3[nH]2)CC[C@H]1F. The number of aromatic amines is 1. The van der Waals surface area contributed by atoms with E-state index in [2.05, 4.69) is 15.3 Å². The predicted molar refractivity (Wildman–Crippen MR) is 72.7 cm³/mol. The maximum absolute atomic E-state index is 13.7. The number of fused-ring (bicyclic) bond motifs is 1. The van der Waals surface area contributed by atoms with E-state index in [9.17, 15) is 18.0 Å². The molecule has 1 aliphatic heterocycles. The summed E-state index contributed by atoms with van der Waals surface area (Å²) in [5.41, 5.74) is 0.180. The molecule has 1 aromatic carbocycles. The number of nitrogens with zero attached hydrogens (tertiary/aromatic N) is 2. The standard InChI is InChI=1S/C13H13F3N4O2/c14-6-3-8(16)11-9(4-6)17-12(19-11)20-2-1-7(15)10(5-20)18-13(21)22/h3-4,7,10,18H,1-2,5H2,(H,17,19)(H,21,22)/t7-,10-/m1/s1. The molecule has 9 heteroatoms. The summed E-state index contributed by atoms with van der Waals surface area (Å²) < 4.78 is 40.6. The van der Waals surface area contributed by atoms with Gasteiger partial charge in [0.25, 0.3) is 0 Å². The molecule has 118 valence electrons. The van der Waals surface area contributed by atoms with Crippen LogP contribution in [-0.2, 0) is 0 Å². The van der Waals surface area contributed by atoms with Gasteiger partial charge in [0, 0.05) is 19.2 Å². The first-order chi connectivity index (χ1) is 10.4. The topological polar surface area (TPSA) is 81.2 Å². The maximum atomic E-state index is 13.7. The number of H-pyrrole nitrogens is 1. The lowest BCUT2D eigenvalue weighted by atomic mass is 10.0. The number of imidazole rings is 1. The van der Waals surface area contributed by atoms with E-state index in [-0.39, 0.29) is 29.9 Å². The van der Waals surface area contributed by atoms with Crippen molar-refractivity contribution in [3.63, 3.8) is 0 Å². The van der Waals surface area contributed by atoms with Crippen molar-refractivity contribution in [1.29, 1.82) is 0 Å².